The molecular weight excluding hydrogens is 182 g/mol. The Kier molecular flexibility index (Phi) is 3.34. The molecule has 1 rings (SSSR count). The molecule has 0 radical (unpaired) electrons. The molecule has 0 fully saturated rings. The second kappa shape index (κ2) is 4.50. The summed E-state index contributed by atoms with van der Waals surface area (Å²) in [4.78, 5) is 2.52. The third kappa shape index (κ3) is 2.65. The Labute approximate surface area is 81.6 Å². The van der Waals surface area contributed by atoms with Crippen molar-refractivity contribution < 1.29 is 9.84 Å². The van der Waals surface area contributed by atoms with Gasteiger partial charge in [0.1, 0.15) is 5.75 Å². The van der Waals surface area contributed by atoms with Crippen molar-refractivity contribution in [1.82, 2.24) is 0 Å². The lowest BCUT2D eigenvalue weighted by Crippen LogP contribution is -2.31. The molecule has 0 saturated heterocycles. The number of aliphatic hydroxyl groups is 1. The van der Waals surface area contributed by atoms with E-state index >= 15 is 0 Å². The van der Waals surface area contributed by atoms with Crippen LogP contribution in [0.4, 0.5) is 0 Å². The molecule has 0 saturated carbocycles. The van der Waals surface area contributed by atoms with E-state index < -0.39 is 5.91 Å². The second-order valence-electron chi connectivity index (χ2n) is 2.70. The van der Waals surface area contributed by atoms with E-state index in [1.807, 2.05) is 6.07 Å². The number of para-hydroxylation sites is 1. The van der Waals surface area contributed by atoms with Gasteiger partial charge in [0.05, 0.1) is 0 Å². The van der Waals surface area contributed by atoms with Crippen LogP contribution in [0.25, 0.3) is 10.4 Å². The van der Waals surface area contributed by atoms with Crippen LogP contribution in [0.1, 0.15) is 13.3 Å². The summed E-state index contributed by atoms with van der Waals surface area (Å²) in [5.41, 5.74) is 8.23. The lowest BCUT2D eigenvalue weighted by Gasteiger charge is -2.21. The van der Waals surface area contributed by atoms with E-state index in [2.05, 4.69) is 10.0 Å². The van der Waals surface area contributed by atoms with E-state index in [1.165, 1.54) is 0 Å². The standard InChI is InChI=1S/C9H11N3O2/c1-2-9(13,11-12-10)14-8-6-4-3-5-7-8/h3-7,13H,2H2,1H3. The third-order valence-corrected chi connectivity index (χ3v) is 1.69. The highest BCUT2D eigenvalue weighted by molar-refractivity contribution is 5.21. The fraction of sp³-hybridized carbons (Fsp3) is 0.333. The largest absolute Gasteiger partial charge is 0.456 e. The summed E-state index contributed by atoms with van der Waals surface area (Å²) in [5, 5.41) is 12.8. The number of hydrogen-bond acceptors (Lipinski definition) is 3. The zero-order valence-electron chi connectivity index (χ0n) is 7.79. The maximum atomic E-state index is 9.63. The van der Waals surface area contributed by atoms with Crippen molar-refractivity contribution in [3.05, 3.63) is 40.8 Å². The molecule has 0 aromatic heterocycles. The highest BCUT2D eigenvalue weighted by Crippen LogP contribution is 2.19. The quantitative estimate of drug-likeness (QED) is 0.345. The third-order valence-electron chi connectivity index (χ3n) is 1.69. The summed E-state index contributed by atoms with van der Waals surface area (Å²) in [6, 6.07) is 8.70. The highest BCUT2D eigenvalue weighted by atomic mass is 16.6. The van der Waals surface area contributed by atoms with Crippen molar-refractivity contribution >= 4 is 0 Å². The van der Waals surface area contributed by atoms with E-state index in [0.717, 1.165) is 0 Å². The van der Waals surface area contributed by atoms with E-state index in [4.69, 9.17) is 10.3 Å². The molecule has 1 atom stereocenters. The van der Waals surface area contributed by atoms with Gasteiger partial charge in [-0.05, 0) is 22.8 Å². The average molecular weight is 193 g/mol. The normalized spacial score (nSPS) is 13.9. The molecule has 0 aliphatic carbocycles. The highest BCUT2D eigenvalue weighted by Gasteiger charge is 2.24. The summed E-state index contributed by atoms with van der Waals surface area (Å²) in [6.07, 6.45) is 0.186. The van der Waals surface area contributed by atoms with Gasteiger partial charge in [-0.1, -0.05) is 25.1 Å². The van der Waals surface area contributed by atoms with Crippen LogP contribution in [0.3, 0.4) is 0 Å². The van der Waals surface area contributed by atoms with E-state index in [-0.39, 0.29) is 6.42 Å². The summed E-state index contributed by atoms with van der Waals surface area (Å²) < 4.78 is 5.13. The van der Waals surface area contributed by atoms with Gasteiger partial charge in [-0.2, -0.15) is 0 Å². The van der Waals surface area contributed by atoms with Crippen molar-refractivity contribution in [2.45, 2.75) is 19.3 Å². The average Bonchev–Trinajstić information content (AvgIpc) is 2.20. The zero-order chi connectivity index (χ0) is 10.4. The molecule has 5 nitrogen and oxygen atoms in total. The SMILES string of the molecule is CCC(O)(N=[N+]=[N-])Oc1ccccc1. The van der Waals surface area contributed by atoms with Crippen LogP contribution in [0.15, 0.2) is 35.4 Å². The smallest absolute Gasteiger partial charge is 0.287 e. The van der Waals surface area contributed by atoms with Crippen LogP contribution in [0.2, 0.25) is 0 Å². The van der Waals surface area contributed by atoms with Gasteiger partial charge in [0.2, 0.25) is 0 Å². The van der Waals surface area contributed by atoms with Crippen LogP contribution >= 0.6 is 0 Å². The molecule has 14 heavy (non-hydrogen) atoms. The summed E-state index contributed by atoms with van der Waals surface area (Å²) in [5.74, 6) is -1.33. The van der Waals surface area contributed by atoms with E-state index in [0.29, 0.717) is 5.75 Å². The molecule has 0 bridgehead atoms. The van der Waals surface area contributed by atoms with Crippen LogP contribution < -0.4 is 4.74 Å². The maximum absolute atomic E-state index is 9.63. The number of nitrogens with zero attached hydrogens (tertiary/aromatic N) is 3. The number of ether oxygens (including phenoxy) is 1. The maximum Gasteiger partial charge on any atom is 0.287 e. The number of rotatable bonds is 4. The fourth-order valence-electron chi connectivity index (χ4n) is 0.910. The lowest BCUT2D eigenvalue weighted by atomic mass is 10.3. The Bertz CT molecular complexity index is 335. The first-order valence-electron chi connectivity index (χ1n) is 4.23. The second-order valence-corrected chi connectivity index (χ2v) is 2.70. The van der Waals surface area contributed by atoms with Gasteiger partial charge < -0.3 is 9.84 Å². The molecule has 0 amide bonds. The number of azide groups is 1. The van der Waals surface area contributed by atoms with E-state index in [1.54, 1.807) is 31.2 Å². The van der Waals surface area contributed by atoms with Crippen LogP contribution in [0, 0.1) is 0 Å². The van der Waals surface area contributed by atoms with Crippen LogP contribution in [-0.4, -0.2) is 11.0 Å². The van der Waals surface area contributed by atoms with Gasteiger partial charge >= 0.3 is 0 Å². The number of benzene rings is 1. The van der Waals surface area contributed by atoms with Gasteiger partial charge in [-0.25, -0.2) is 0 Å². The van der Waals surface area contributed by atoms with Gasteiger partial charge in [0.25, 0.3) is 5.91 Å². The van der Waals surface area contributed by atoms with Crippen LogP contribution in [-0.2, 0) is 0 Å². The molecule has 1 aromatic rings. The monoisotopic (exact) mass is 193 g/mol. The van der Waals surface area contributed by atoms with Crippen molar-refractivity contribution in [3.63, 3.8) is 0 Å². The van der Waals surface area contributed by atoms with Gasteiger partial charge in [0.15, 0.2) is 0 Å². The van der Waals surface area contributed by atoms with Crippen molar-refractivity contribution in [2.24, 2.45) is 5.11 Å². The predicted octanol–water partition coefficient (Wildman–Crippen LogP) is 2.43. The molecule has 0 spiro atoms. The molecule has 74 valence electrons. The Morgan fingerprint density at radius 2 is 2.14 bits per heavy atom. The Balaban J connectivity index is 2.80. The lowest BCUT2D eigenvalue weighted by molar-refractivity contribution is -0.133. The summed E-state index contributed by atoms with van der Waals surface area (Å²) in [7, 11) is 0. The van der Waals surface area contributed by atoms with Gasteiger partial charge in [0, 0.05) is 11.3 Å². The Morgan fingerprint density at radius 3 is 2.64 bits per heavy atom. The van der Waals surface area contributed by atoms with Gasteiger partial charge in [-0.3, -0.25) is 0 Å². The molecule has 5 heteroatoms. The molecule has 0 heterocycles. The van der Waals surface area contributed by atoms with Crippen molar-refractivity contribution in [3.8, 4) is 5.75 Å². The van der Waals surface area contributed by atoms with Crippen molar-refractivity contribution in [2.75, 3.05) is 0 Å². The summed E-state index contributed by atoms with van der Waals surface area (Å²) in [6.45, 7) is 1.66. The first-order valence-corrected chi connectivity index (χ1v) is 4.23. The Morgan fingerprint density at radius 1 is 1.50 bits per heavy atom. The molecule has 0 aliphatic rings. The fourth-order valence-corrected chi connectivity index (χ4v) is 0.910. The molecule has 1 N–H and O–H groups in total. The van der Waals surface area contributed by atoms with E-state index in [9.17, 15) is 5.11 Å². The minimum absolute atomic E-state index is 0.186. The minimum Gasteiger partial charge on any atom is -0.456 e. The predicted molar refractivity (Wildman–Crippen MR) is 51.5 cm³/mol. The number of hydrogen-bond donors (Lipinski definition) is 1. The van der Waals surface area contributed by atoms with Crippen molar-refractivity contribution in [1.29, 1.82) is 0 Å². The van der Waals surface area contributed by atoms with Gasteiger partial charge in [-0.15, -0.1) is 0 Å². The first kappa shape index (κ1) is 10.4. The molecule has 1 unspecified atom stereocenters. The first-order chi connectivity index (χ1) is 6.70. The Hall–Kier alpha value is -1.71. The molecular formula is C9H11N3O2. The minimum atomic E-state index is -1.80. The molecule has 1 aromatic carbocycles. The topological polar surface area (TPSA) is 78.2 Å². The zero-order valence-corrected chi connectivity index (χ0v) is 7.79. The summed E-state index contributed by atoms with van der Waals surface area (Å²) >= 11 is 0. The van der Waals surface area contributed by atoms with Crippen LogP contribution in [0.5, 0.6) is 5.75 Å². The molecule has 0 aliphatic heterocycles.